The molecule has 0 aliphatic carbocycles. The summed E-state index contributed by atoms with van der Waals surface area (Å²) in [5.41, 5.74) is 11.0. The van der Waals surface area contributed by atoms with Crippen LogP contribution in [0.25, 0.3) is 16.6 Å². The fraction of sp³-hybridized carbons (Fsp3) is 0.0588. The van der Waals surface area contributed by atoms with Gasteiger partial charge in [-0.15, -0.1) is 0 Å². The van der Waals surface area contributed by atoms with Gasteiger partial charge in [0.25, 0.3) is 0 Å². The van der Waals surface area contributed by atoms with E-state index in [4.69, 9.17) is 23.1 Å². The molecule has 3 rings (SSSR count). The number of carboxylic acid groups (broad SMARTS) is 1. The first-order valence-corrected chi connectivity index (χ1v) is 9.77. The van der Waals surface area contributed by atoms with Crippen molar-refractivity contribution in [3.05, 3.63) is 64.8 Å². The lowest BCUT2D eigenvalue weighted by molar-refractivity contribution is 0.0698. The van der Waals surface area contributed by atoms with E-state index >= 15 is 0 Å². The monoisotopic (exact) mass is 422 g/mol. The van der Waals surface area contributed by atoms with E-state index in [0.29, 0.717) is 16.2 Å². The van der Waals surface area contributed by atoms with Gasteiger partial charge in [-0.3, -0.25) is 4.28 Å². The van der Waals surface area contributed by atoms with Crippen molar-refractivity contribution in [2.24, 2.45) is 16.6 Å². The average Bonchev–Trinajstić information content (AvgIpc) is 2.93. The zero-order chi connectivity index (χ0) is 20.5. The van der Waals surface area contributed by atoms with E-state index in [9.17, 15) is 18.3 Å². The average molecular weight is 423 g/mol. The molecule has 0 fully saturated rings. The lowest BCUT2D eigenvalue weighted by atomic mass is 10.1. The number of carboxylic acids is 1. The summed E-state index contributed by atoms with van der Waals surface area (Å²) >= 11 is 6.03. The third-order valence-corrected chi connectivity index (χ3v) is 4.99. The summed E-state index contributed by atoms with van der Waals surface area (Å²) in [6.07, 6.45) is 0. The van der Waals surface area contributed by atoms with Gasteiger partial charge in [0.05, 0.1) is 16.8 Å². The molecule has 0 saturated heterocycles. The van der Waals surface area contributed by atoms with Crippen molar-refractivity contribution in [3.8, 4) is 5.69 Å². The first-order chi connectivity index (χ1) is 13.2. The molecule has 0 radical (unpaired) electrons. The highest BCUT2D eigenvalue weighted by atomic mass is 35.5. The zero-order valence-electron chi connectivity index (χ0n) is 14.2. The SMILES string of the molecule is NC(N)=NOS(=O)(=O)Cc1c(C(=O)O)c2cc(Cl)ccc2n1-c1ccccc1. The van der Waals surface area contributed by atoms with Gasteiger partial charge < -0.3 is 21.1 Å². The predicted octanol–water partition coefficient (Wildman–Crippen LogP) is 2.02. The molecule has 2 aromatic carbocycles. The maximum Gasteiger partial charge on any atom is 0.338 e. The molecule has 9 nitrogen and oxygen atoms in total. The number of nitrogens with zero attached hydrogens (tertiary/aromatic N) is 2. The Morgan fingerprint density at radius 2 is 1.86 bits per heavy atom. The second-order valence-corrected chi connectivity index (χ2v) is 7.74. The van der Waals surface area contributed by atoms with Gasteiger partial charge in [-0.05, 0) is 35.5 Å². The molecule has 0 unspecified atom stereocenters. The van der Waals surface area contributed by atoms with Gasteiger partial charge in [-0.25, -0.2) is 4.79 Å². The Labute approximate surface area is 164 Å². The Morgan fingerprint density at radius 3 is 2.46 bits per heavy atom. The van der Waals surface area contributed by atoms with Crippen LogP contribution in [0.3, 0.4) is 0 Å². The minimum absolute atomic E-state index is 0.0261. The van der Waals surface area contributed by atoms with Crippen molar-refractivity contribution in [2.75, 3.05) is 0 Å². The van der Waals surface area contributed by atoms with Gasteiger partial charge in [0.1, 0.15) is 5.75 Å². The second-order valence-electron chi connectivity index (χ2n) is 5.75. The number of aromatic carboxylic acids is 1. The zero-order valence-corrected chi connectivity index (χ0v) is 15.8. The highest BCUT2D eigenvalue weighted by molar-refractivity contribution is 7.85. The van der Waals surface area contributed by atoms with Gasteiger partial charge in [0.2, 0.25) is 5.96 Å². The molecule has 0 atom stereocenters. The Hall–Kier alpha value is -3.24. The Balaban J connectivity index is 2.32. The molecule has 1 aromatic heterocycles. The van der Waals surface area contributed by atoms with Crippen molar-refractivity contribution in [3.63, 3.8) is 0 Å². The molecule has 0 amide bonds. The summed E-state index contributed by atoms with van der Waals surface area (Å²) in [7, 11) is -4.34. The van der Waals surface area contributed by atoms with E-state index in [1.165, 1.54) is 10.6 Å². The Morgan fingerprint density at radius 1 is 1.18 bits per heavy atom. The standard InChI is InChI=1S/C17H15ClN4O5S/c18-10-6-7-13-12(8-10)15(16(23)24)14(9-28(25,26)27-21-17(19)20)22(13)11-4-2-1-3-5-11/h1-8H,9H2,(H,23,24)(H4,19,20,21). The van der Waals surface area contributed by atoms with Gasteiger partial charge in [-0.1, -0.05) is 29.8 Å². The Kier molecular flexibility index (Phi) is 5.16. The molecule has 5 N–H and O–H groups in total. The lowest BCUT2D eigenvalue weighted by Crippen LogP contribution is -2.24. The topological polar surface area (TPSA) is 150 Å². The fourth-order valence-electron chi connectivity index (χ4n) is 2.86. The minimum Gasteiger partial charge on any atom is -0.478 e. The summed E-state index contributed by atoms with van der Waals surface area (Å²) in [5, 5.41) is 13.4. The number of halogens is 1. The second kappa shape index (κ2) is 7.41. The number of fused-ring (bicyclic) bond motifs is 1. The predicted molar refractivity (Wildman–Crippen MR) is 105 cm³/mol. The summed E-state index contributed by atoms with van der Waals surface area (Å²) in [5.74, 6) is -2.68. The first-order valence-electron chi connectivity index (χ1n) is 7.81. The normalized spacial score (nSPS) is 11.3. The summed E-state index contributed by atoms with van der Waals surface area (Å²) < 4.78 is 30.6. The largest absolute Gasteiger partial charge is 0.478 e. The molecule has 0 aliphatic heterocycles. The number of hydrogen-bond donors (Lipinski definition) is 3. The number of rotatable bonds is 6. The highest BCUT2D eigenvalue weighted by Crippen LogP contribution is 2.33. The van der Waals surface area contributed by atoms with Crippen LogP contribution in [0.2, 0.25) is 5.02 Å². The van der Waals surface area contributed by atoms with Crippen molar-refractivity contribution in [1.82, 2.24) is 4.57 Å². The maximum absolute atomic E-state index is 12.3. The van der Waals surface area contributed by atoms with Crippen LogP contribution in [-0.4, -0.2) is 30.0 Å². The van der Waals surface area contributed by atoms with Crippen LogP contribution < -0.4 is 11.5 Å². The lowest BCUT2D eigenvalue weighted by Gasteiger charge is -2.11. The van der Waals surface area contributed by atoms with Crippen LogP contribution in [0, 0.1) is 0 Å². The molecule has 28 heavy (non-hydrogen) atoms. The highest BCUT2D eigenvalue weighted by Gasteiger charge is 2.28. The molecule has 0 spiro atoms. The van der Waals surface area contributed by atoms with Gasteiger partial charge in [0, 0.05) is 16.1 Å². The van der Waals surface area contributed by atoms with Gasteiger partial charge in [0.15, 0.2) is 0 Å². The van der Waals surface area contributed by atoms with E-state index < -0.39 is 27.8 Å². The van der Waals surface area contributed by atoms with E-state index in [-0.39, 0.29) is 16.6 Å². The smallest absolute Gasteiger partial charge is 0.338 e. The molecule has 146 valence electrons. The number of aromatic nitrogens is 1. The molecule has 0 bridgehead atoms. The third kappa shape index (κ3) is 3.87. The minimum atomic E-state index is -4.34. The number of guanidine groups is 1. The van der Waals surface area contributed by atoms with Crippen LogP contribution in [0.15, 0.2) is 53.7 Å². The molecular formula is C17H15ClN4O5S. The molecule has 11 heteroatoms. The number of oxime groups is 1. The number of hydrogen-bond acceptors (Lipinski definition) is 5. The maximum atomic E-state index is 12.3. The van der Waals surface area contributed by atoms with E-state index in [2.05, 4.69) is 9.44 Å². The number of nitrogens with two attached hydrogens (primary N) is 2. The van der Waals surface area contributed by atoms with Crippen LogP contribution in [0.5, 0.6) is 0 Å². The quantitative estimate of drug-likeness (QED) is 0.312. The van der Waals surface area contributed by atoms with E-state index in [1.807, 2.05) is 0 Å². The van der Waals surface area contributed by atoms with E-state index in [0.717, 1.165) is 0 Å². The van der Waals surface area contributed by atoms with Crippen LogP contribution in [-0.2, 0) is 20.2 Å². The summed E-state index contributed by atoms with van der Waals surface area (Å²) in [4.78, 5) is 12.0. The van der Waals surface area contributed by atoms with E-state index in [1.54, 1.807) is 42.5 Å². The van der Waals surface area contributed by atoms with Crippen LogP contribution >= 0.6 is 11.6 Å². The fourth-order valence-corrected chi connectivity index (χ4v) is 3.89. The molecule has 0 saturated carbocycles. The first kappa shape index (κ1) is 19.5. The summed E-state index contributed by atoms with van der Waals surface area (Å²) in [6, 6.07) is 13.4. The van der Waals surface area contributed by atoms with Gasteiger partial charge in [-0.2, -0.15) is 8.42 Å². The van der Waals surface area contributed by atoms with Crippen molar-refractivity contribution >= 4 is 44.6 Å². The van der Waals surface area contributed by atoms with Gasteiger partial charge >= 0.3 is 16.1 Å². The molecule has 1 heterocycles. The number of para-hydroxylation sites is 1. The molecular weight excluding hydrogens is 408 g/mol. The third-order valence-electron chi connectivity index (χ3n) is 3.83. The van der Waals surface area contributed by atoms with Crippen molar-refractivity contribution < 1.29 is 22.6 Å². The number of benzene rings is 2. The van der Waals surface area contributed by atoms with Crippen molar-refractivity contribution in [1.29, 1.82) is 0 Å². The summed E-state index contributed by atoms with van der Waals surface area (Å²) in [6.45, 7) is 0. The molecule has 3 aromatic rings. The Bertz CT molecular complexity index is 1190. The van der Waals surface area contributed by atoms with Crippen LogP contribution in [0.4, 0.5) is 0 Å². The van der Waals surface area contributed by atoms with Crippen molar-refractivity contribution in [2.45, 2.75) is 5.75 Å². The van der Waals surface area contributed by atoms with Crippen LogP contribution in [0.1, 0.15) is 16.1 Å². The molecule has 0 aliphatic rings. The number of carbonyl (C=O) groups is 1.